The lowest BCUT2D eigenvalue weighted by Gasteiger charge is -2.15. The molecular formula is C15H13BrClNO6S. The molecule has 0 spiro atoms. The van der Waals surface area contributed by atoms with Crippen LogP contribution in [0.5, 0.6) is 5.75 Å². The van der Waals surface area contributed by atoms with Gasteiger partial charge >= 0.3 is 5.97 Å². The zero-order valence-corrected chi connectivity index (χ0v) is 15.6. The van der Waals surface area contributed by atoms with E-state index in [0.29, 0.717) is 4.47 Å². The number of rotatable bonds is 6. The maximum absolute atomic E-state index is 12.2. The second-order valence-electron chi connectivity index (χ2n) is 5.10. The number of hydrogen-bond donors (Lipinski definition) is 4. The van der Waals surface area contributed by atoms with E-state index in [4.69, 9.17) is 16.7 Å². The number of hydrogen-bond acceptors (Lipinski definition) is 5. The van der Waals surface area contributed by atoms with E-state index < -0.39 is 27.8 Å². The van der Waals surface area contributed by atoms with Gasteiger partial charge in [-0.1, -0.05) is 17.7 Å². The molecule has 0 aromatic heterocycles. The first-order valence-corrected chi connectivity index (χ1v) is 9.61. The standard InChI is InChI=1S/C15H13BrClNO6S/c16-12-4-1-8(5-11(12)15(21)22)18-25(23,24)7-14(20)10-3-2-9(19)6-13(10)17/h1-6,14,18-20H,7H2,(H,21,22)/t14-/m0/s1. The van der Waals surface area contributed by atoms with Crippen molar-refractivity contribution in [2.24, 2.45) is 0 Å². The predicted octanol–water partition coefficient (Wildman–Crippen LogP) is 2.98. The number of aromatic carboxylic acids is 1. The lowest BCUT2D eigenvalue weighted by molar-refractivity contribution is 0.0696. The van der Waals surface area contributed by atoms with Gasteiger partial charge in [0.2, 0.25) is 10.0 Å². The van der Waals surface area contributed by atoms with Crippen molar-refractivity contribution in [1.82, 2.24) is 0 Å². The average molecular weight is 451 g/mol. The van der Waals surface area contributed by atoms with Crippen LogP contribution in [-0.4, -0.2) is 35.5 Å². The number of aliphatic hydroxyl groups is 1. The highest BCUT2D eigenvalue weighted by atomic mass is 79.9. The fourth-order valence-corrected chi connectivity index (χ4v) is 3.94. The topological polar surface area (TPSA) is 124 Å². The Balaban J connectivity index is 2.19. The Kier molecular flexibility index (Phi) is 5.94. The number of carboxylic acids is 1. The Bertz CT molecular complexity index is 918. The van der Waals surface area contributed by atoms with Gasteiger partial charge in [0.15, 0.2) is 0 Å². The monoisotopic (exact) mass is 449 g/mol. The minimum absolute atomic E-state index is 0.0273. The normalized spacial score (nSPS) is 12.6. The molecule has 2 aromatic rings. The zero-order chi connectivity index (χ0) is 18.8. The van der Waals surface area contributed by atoms with Crippen molar-refractivity contribution in [2.75, 3.05) is 10.5 Å². The molecule has 134 valence electrons. The van der Waals surface area contributed by atoms with Crippen LogP contribution in [0.4, 0.5) is 5.69 Å². The molecule has 0 heterocycles. The highest BCUT2D eigenvalue weighted by molar-refractivity contribution is 9.10. The number of phenols is 1. The largest absolute Gasteiger partial charge is 0.508 e. The SMILES string of the molecule is O=C(O)c1cc(NS(=O)(=O)C[C@H](O)c2ccc(O)cc2Cl)ccc1Br. The second kappa shape index (κ2) is 7.61. The molecule has 0 aliphatic rings. The molecule has 2 aromatic carbocycles. The summed E-state index contributed by atoms with van der Waals surface area (Å²) in [5.74, 6) is -2.03. The molecule has 0 bridgehead atoms. The molecule has 1 atom stereocenters. The Morgan fingerprint density at radius 3 is 2.52 bits per heavy atom. The Labute approximate surface area is 157 Å². The Hall–Kier alpha value is -1.81. The molecular weight excluding hydrogens is 438 g/mol. The number of aromatic hydroxyl groups is 1. The highest BCUT2D eigenvalue weighted by Crippen LogP contribution is 2.28. The fraction of sp³-hybridized carbons (Fsp3) is 0.133. The summed E-state index contributed by atoms with van der Waals surface area (Å²) in [4.78, 5) is 11.1. The maximum atomic E-state index is 12.2. The molecule has 0 saturated heterocycles. The van der Waals surface area contributed by atoms with Crippen LogP contribution < -0.4 is 4.72 Å². The number of nitrogens with one attached hydrogen (secondary N) is 1. The molecule has 0 saturated carbocycles. The van der Waals surface area contributed by atoms with E-state index in [1.165, 1.54) is 30.3 Å². The average Bonchev–Trinajstić information content (AvgIpc) is 2.47. The molecule has 0 amide bonds. The number of anilines is 1. The second-order valence-corrected chi connectivity index (χ2v) is 8.13. The van der Waals surface area contributed by atoms with Crippen molar-refractivity contribution in [3.8, 4) is 5.75 Å². The van der Waals surface area contributed by atoms with Crippen molar-refractivity contribution in [3.63, 3.8) is 0 Å². The minimum Gasteiger partial charge on any atom is -0.508 e. The van der Waals surface area contributed by atoms with E-state index in [-0.39, 0.29) is 27.6 Å². The van der Waals surface area contributed by atoms with Crippen LogP contribution in [0, 0.1) is 0 Å². The molecule has 4 N–H and O–H groups in total. The van der Waals surface area contributed by atoms with Crippen LogP contribution >= 0.6 is 27.5 Å². The van der Waals surface area contributed by atoms with E-state index in [1.807, 2.05) is 0 Å². The van der Waals surface area contributed by atoms with Crippen LogP contribution in [0.15, 0.2) is 40.9 Å². The van der Waals surface area contributed by atoms with Gasteiger partial charge in [-0.25, -0.2) is 13.2 Å². The summed E-state index contributed by atoms with van der Waals surface area (Å²) in [5, 5.41) is 28.5. The third-order valence-electron chi connectivity index (χ3n) is 3.19. The quantitative estimate of drug-likeness (QED) is 0.536. The van der Waals surface area contributed by atoms with Gasteiger partial charge in [0.25, 0.3) is 0 Å². The minimum atomic E-state index is -3.99. The first kappa shape index (κ1) is 19.5. The third-order valence-corrected chi connectivity index (χ3v) is 5.51. The number of benzene rings is 2. The predicted molar refractivity (Wildman–Crippen MR) is 96.6 cm³/mol. The van der Waals surface area contributed by atoms with E-state index in [9.17, 15) is 23.4 Å². The zero-order valence-electron chi connectivity index (χ0n) is 12.5. The highest BCUT2D eigenvalue weighted by Gasteiger charge is 2.21. The lowest BCUT2D eigenvalue weighted by Crippen LogP contribution is -2.22. The molecule has 0 radical (unpaired) electrons. The summed E-state index contributed by atoms with van der Waals surface area (Å²) in [6, 6.07) is 7.72. The van der Waals surface area contributed by atoms with Gasteiger partial charge in [-0.15, -0.1) is 0 Å². The van der Waals surface area contributed by atoms with E-state index >= 15 is 0 Å². The van der Waals surface area contributed by atoms with Gasteiger partial charge in [0.05, 0.1) is 22.4 Å². The van der Waals surface area contributed by atoms with Crippen molar-refractivity contribution in [1.29, 1.82) is 0 Å². The van der Waals surface area contributed by atoms with Crippen LogP contribution in [-0.2, 0) is 10.0 Å². The molecule has 0 aliphatic heterocycles. The van der Waals surface area contributed by atoms with Gasteiger partial charge in [0, 0.05) is 15.7 Å². The number of phenolic OH excluding ortho intramolecular Hbond substituents is 1. The summed E-state index contributed by atoms with van der Waals surface area (Å²) in [5.41, 5.74) is 0.0822. The first-order chi connectivity index (χ1) is 11.6. The Morgan fingerprint density at radius 2 is 1.92 bits per heavy atom. The molecule has 0 fully saturated rings. The first-order valence-electron chi connectivity index (χ1n) is 6.79. The summed E-state index contributed by atoms with van der Waals surface area (Å²) in [7, 11) is -3.99. The van der Waals surface area contributed by atoms with E-state index in [2.05, 4.69) is 20.7 Å². The van der Waals surface area contributed by atoms with Gasteiger partial charge in [0.1, 0.15) is 5.75 Å². The van der Waals surface area contributed by atoms with Crippen LogP contribution in [0.2, 0.25) is 5.02 Å². The number of aliphatic hydroxyl groups excluding tert-OH is 1. The lowest BCUT2D eigenvalue weighted by atomic mass is 10.1. The van der Waals surface area contributed by atoms with Gasteiger partial charge in [-0.2, -0.15) is 0 Å². The number of sulfonamides is 1. The maximum Gasteiger partial charge on any atom is 0.336 e. The van der Waals surface area contributed by atoms with Gasteiger partial charge < -0.3 is 15.3 Å². The van der Waals surface area contributed by atoms with Crippen molar-refractivity contribution >= 4 is 49.2 Å². The fourth-order valence-electron chi connectivity index (χ4n) is 2.06. The molecule has 0 unspecified atom stereocenters. The third kappa shape index (κ3) is 5.08. The summed E-state index contributed by atoms with van der Waals surface area (Å²) in [6.45, 7) is 0. The van der Waals surface area contributed by atoms with Gasteiger partial charge in [-0.05, 0) is 46.3 Å². The van der Waals surface area contributed by atoms with Crippen molar-refractivity contribution in [2.45, 2.75) is 6.10 Å². The smallest absolute Gasteiger partial charge is 0.336 e. The van der Waals surface area contributed by atoms with Crippen LogP contribution in [0.25, 0.3) is 0 Å². The molecule has 2 rings (SSSR count). The Morgan fingerprint density at radius 1 is 1.24 bits per heavy atom. The van der Waals surface area contributed by atoms with Crippen LogP contribution in [0.1, 0.15) is 22.0 Å². The summed E-state index contributed by atoms with van der Waals surface area (Å²) in [6.07, 6.45) is -1.43. The van der Waals surface area contributed by atoms with Gasteiger partial charge in [-0.3, -0.25) is 4.72 Å². The molecule has 7 nitrogen and oxygen atoms in total. The number of carboxylic acid groups (broad SMARTS) is 1. The van der Waals surface area contributed by atoms with Crippen molar-refractivity contribution in [3.05, 3.63) is 57.0 Å². The van der Waals surface area contributed by atoms with E-state index in [0.717, 1.165) is 6.07 Å². The van der Waals surface area contributed by atoms with Crippen molar-refractivity contribution < 1.29 is 28.5 Å². The number of carbonyl (C=O) groups is 1. The van der Waals surface area contributed by atoms with Crippen LogP contribution in [0.3, 0.4) is 0 Å². The summed E-state index contributed by atoms with van der Waals surface area (Å²) < 4.78 is 26.9. The molecule has 10 heteroatoms. The van der Waals surface area contributed by atoms with E-state index in [1.54, 1.807) is 0 Å². The molecule has 0 aliphatic carbocycles. The number of halogens is 2. The summed E-state index contributed by atoms with van der Waals surface area (Å²) >= 11 is 8.94. The molecule has 25 heavy (non-hydrogen) atoms.